The van der Waals surface area contributed by atoms with Gasteiger partial charge in [-0.1, -0.05) is 15.9 Å². The highest BCUT2D eigenvalue weighted by Crippen LogP contribution is 2.26. The molecule has 1 heterocycles. The van der Waals surface area contributed by atoms with Crippen molar-refractivity contribution in [2.45, 2.75) is 31.8 Å². The average Bonchev–Trinajstić information content (AvgIpc) is 2.36. The Morgan fingerprint density at radius 1 is 1.48 bits per heavy atom. The third-order valence-electron chi connectivity index (χ3n) is 3.76. The van der Waals surface area contributed by atoms with Crippen LogP contribution in [0, 0.1) is 6.92 Å². The molecule has 0 aliphatic carbocycles. The van der Waals surface area contributed by atoms with Gasteiger partial charge in [0, 0.05) is 16.6 Å². The lowest BCUT2D eigenvalue weighted by molar-refractivity contribution is -0.125. The first-order valence-electron chi connectivity index (χ1n) is 6.87. The van der Waals surface area contributed by atoms with Crippen LogP contribution in [0.15, 0.2) is 22.7 Å². The van der Waals surface area contributed by atoms with Gasteiger partial charge >= 0.3 is 0 Å². The van der Waals surface area contributed by atoms with Gasteiger partial charge in [0.15, 0.2) is 0 Å². The van der Waals surface area contributed by atoms with Gasteiger partial charge < -0.3 is 15.7 Å². The van der Waals surface area contributed by atoms with E-state index in [1.54, 1.807) is 11.0 Å². The second-order valence-electron chi connectivity index (χ2n) is 5.66. The molecular weight excluding hydrogens is 336 g/mol. The summed E-state index contributed by atoms with van der Waals surface area (Å²) in [5.41, 5.74) is 5.46. The molecule has 1 atom stereocenters. The first kappa shape index (κ1) is 16.0. The van der Waals surface area contributed by atoms with Crippen molar-refractivity contribution < 1.29 is 14.7 Å². The number of piperidine rings is 1. The van der Waals surface area contributed by atoms with Gasteiger partial charge in [-0.25, -0.2) is 0 Å². The molecule has 5 nitrogen and oxygen atoms in total. The number of halogens is 1. The second-order valence-corrected chi connectivity index (χ2v) is 6.57. The lowest BCUT2D eigenvalue weighted by Gasteiger charge is -2.38. The van der Waals surface area contributed by atoms with E-state index >= 15 is 0 Å². The van der Waals surface area contributed by atoms with E-state index in [-0.39, 0.29) is 18.9 Å². The highest BCUT2D eigenvalue weighted by molar-refractivity contribution is 9.10. The van der Waals surface area contributed by atoms with Crippen molar-refractivity contribution >= 4 is 27.7 Å². The molecule has 0 spiro atoms. The fourth-order valence-electron chi connectivity index (χ4n) is 2.79. The maximum atomic E-state index is 12.6. The van der Waals surface area contributed by atoms with Crippen LogP contribution in [-0.2, 0) is 4.79 Å². The van der Waals surface area contributed by atoms with Crippen LogP contribution in [0.5, 0.6) is 0 Å². The number of carbonyl (C=O) groups excluding carboxylic acids is 2. The molecule has 1 aliphatic rings. The normalized spacial score (nSPS) is 22.1. The summed E-state index contributed by atoms with van der Waals surface area (Å²) < 4.78 is 0.917. The number of β-amino-alcohol motifs (C(OH)–C–C–N with tert-alkyl or cyclic N) is 1. The minimum Gasteiger partial charge on any atom is -0.388 e. The molecule has 114 valence electrons. The van der Waals surface area contributed by atoms with E-state index in [0.717, 1.165) is 10.0 Å². The number of aliphatic hydroxyl groups is 1. The molecular formula is C15H19BrN2O3. The summed E-state index contributed by atoms with van der Waals surface area (Å²) >= 11 is 3.37. The number of amides is 2. The Morgan fingerprint density at radius 3 is 2.81 bits per heavy atom. The molecule has 21 heavy (non-hydrogen) atoms. The van der Waals surface area contributed by atoms with Gasteiger partial charge in [-0.2, -0.15) is 0 Å². The van der Waals surface area contributed by atoms with E-state index < -0.39 is 11.5 Å². The number of nitrogens with zero attached hydrogens (tertiary/aromatic N) is 1. The van der Waals surface area contributed by atoms with E-state index in [2.05, 4.69) is 15.9 Å². The summed E-state index contributed by atoms with van der Waals surface area (Å²) in [5.74, 6) is -0.672. The minimum atomic E-state index is -1.21. The lowest BCUT2D eigenvalue weighted by atomic mass is 9.89. The average molecular weight is 355 g/mol. The number of benzene rings is 1. The number of primary amides is 1. The van der Waals surface area contributed by atoms with Crippen LogP contribution in [0.3, 0.4) is 0 Å². The number of likely N-dealkylation sites (tertiary alicyclic amines) is 1. The third-order valence-corrected chi connectivity index (χ3v) is 4.26. The zero-order valence-electron chi connectivity index (χ0n) is 11.9. The van der Waals surface area contributed by atoms with Gasteiger partial charge in [-0.15, -0.1) is 0 Å². The van der Waals surface area contributed by atoms with Gasteiger partial charge in [0.1, 0.15) is 0 Å². The monoisotopic (exact) mass is 354 g/mol. The number of hydrogen-bond donors (Lipinski definition) is 2. The van der Waals surface area contributed by atoms with Crippen LogP contribution in [-0.4, -0.2) is 40.5 Å². The van der Waals surface area contributed by atoms with Gasteiger partial charge in [0.25, 0.3) is 5.91 Å². The van der Waals surface area contributed by atoms with E-state index in [0.29, 0.717) is 24.9 Å². The molecule has 1 aliphatic heterocycles. The molecule has 1 fully saturated rings. The van der Waals surface area contributed by atoms with E-state index in [9.17, 15) is 14.7 Å². The van der Waals surface area contributed by atoms with Crippen molar-refractivity contribution in [3.05, 3.63) is 33.8 Å². The zero-order chi connectivity index (χ0) is 15.6. The van der Waals surface area contributed by atoms with E-state index in [1.165, 1.54) is 0 Å². The molecule has 1 saturated heterocycles. The third kappa shape index (κ3) is 3.83. The van der Waals surface area contributed by atoms with Gasteiger partial charge in [-0.3, -0.25) is 9.59 Å². The number of rotatable bonds is 3. The molecule has 1 aromatic rings. The first-order chi connectivity index (χ1) is 9.81. The van der Waals surface area contributed by atoms with Crippen molar-refractivity contribution in [3.63, 3.8) is 0 Å². The predicted octanol–water partition coefficient (Wildman–Crippen LogP) is 1.60. The molecule has 2 rings (SSSR count). The topological polar surface area (TPSA) is 83.6 Å². The fraction of sp³-hybridized carbons (Fsp3) is 0.467. The fourth-order valence-corrected chi connectivity index (χ4v) is 3.27. The van der Waals surface area contributed by atoms with Gasteiger partial charge in [0.05, 0.1) is 18.6 Å². The number of carbonyl (C=O) groups is 2. The summed E-state index contributed by atoms with van der Waals surface area (Å²) in [7, 11) is 0. The molecule has 1 unspecified atom stereocenters. The Bertz CT molecular complexity index is 576. The molecule has 1 aromatic carbocycles. The molecule has 3 N–H and O–H groups in total. The molecule has 0 saturated carbocycles. The number of nitrogens with two attached hydrogens (primary N) is 1. The van der Waals surface area contributed by atoms with Crippen LogP contribution in [0.1, 0.15) is 35.2 Å². The Labute approximate surface area is 132 Å². The maximum Gasteiger partial charge on any atom is 0.254 e. The molecule has 0 aromatic heterocycles. The SMILES string of the molecule is Cc1cc(Br)ccc1C(=O)N1CCCC(O)(CC(N)=O)C1. The smallest absolute Gasteiger partial charge is 0.254 e. The van der Waals surface area contributed by atoms with Gasteiger partial charge in [0.2, 0.25) is 5.91 Å². The summed E-state index contributed by atoms with van der Waals surface area (Å²) in [6, 6.07) is 5.47. The van der Waals surface area contributed by atoms with Crippen LogP contribution < -0.4 is 5.73 Å². The van der Waals surface area contributed by atoms with Crippen molar-refractivity contribution in [1.29, 1.82) is 0 Å². The van der Waals surface area contributed by atoms with E-state index in [4.69, 9.17) is 5.73 Å². The van der Waals surface area contributed by atoms with Crippen molar-refractivity contribution in [2.24, 2.45) is 5.73 Å². The first-order valence-corrected chi connectivity index (χ1v) is 7.66. The Hall–Kier alpha value is -1.40. The van der Waals surface area contributed by atoms with E-state index in [1.807, 2.05) is 19.1 Å². The molecule has 6 heteroatoms. The maximum absolute atomic E-state index is 12.6. The van der Waals surface area contributed by atoms with Crippen LogP contribution >= 0.6 is 15.9 Å². The molecule has 0 bridgehead atoms. The zero-order valence-corrected chi connectivity index (χ0v) is 13.5. The summed E-state index contributed by atoms with van der Waals surface area (Å²) in [5, 5.41) is 10.4. The Balaban J connectivity index is 2.17. The quantitative estimate of drug-likeness (QED) is 0.864. The second kappa shape index (κ2) is 6.15. The molecule has 0 radical (unpaired) electrons. The summed E-state index contributed by atoms with van der Waals surface area (Å²) in [6.45, 7) is 2.59. The number of aryl methyl sites for hydroxylation is 1. The summed E-state index contributed by atoms with van der Waals surface area (Å²) in [6.07, 6.45) is 1.03. The van der Waals surface area contributed by atoms with Crippen LogP contribution in [0.25, 0.3) is 0 Å². The van der Waals surface area contributed by atoms with Crippen molar-refractivity contribution in [2.75, 3.05) is 13.1 Å². The van der Waals surface area contributed by atoms with Crippen molar-refractivity contribution in [3.8, 4) is 0 Å². The lowest BCUT2D eigenvalue weighted by Crippen LogP contribution is -2.52. The highest BCUT2D eigenvalue weighted by atomic mass is 79.9. The Morgan fingerprint density at radius 2 is 2.19 bits per heavy atom. The minimum absolute atomic E-state index is 0.115. The standard InChI is InChI=1S/C15H19BrN2O3/c1-10-7-11(16)3-4-12(10)14(20)18-6-2-5-15(21,9-18)8-13(17)19/h3-4,7,21H,2,5-6,8-9H2,1H3,(H2,17,19). The largest absolute Gasteiger partial charge is 0.388 e. The number of hydrogen-bond acceptors (Lipinski definition) is 3. The van der Waals surface area contributed by atoms with Crippen molar-refractivity contribution in [1.82, 2.24) is 4.90 Å². The Kier molecular flexibility index (Phi) is 4.68. The predicted molar refractivity (Wildman–Crippen MR) is 82.8 cm³/mol. The van der Waals surface area contributed by atoms with Crippen LogP contribution in [0.2, 0.25) is 0 Å². The molecule has 2 amide bonds. The summed E-state index contributed by atoms with van der Waals surface area (Å²) in [4.78, 5) is 25.3. The van der Waals surface area contributed by atoms with Gasteiger partial charge in [-0.05, 0) is 43.5 Å². The highest BCUT2D eigenvalue weighted by Gasteiger charge is 2.36. The van der Waals surface area contributed by atoms with Crippen LogP contribution in [0.4, 0.5) is 0 Å².